The van der Waals surface area contributed by atoms with Gasteiger partial charge in [0.05, 0.1) is 25.3 Å². The molecular weight excluding hydrogens is 322 g/mol. The second kappa shape index (κ2) is 7.88. The summed E-state index contributed by atoms with van der Waals surface area (Å²) < 4.78 is 17.5. The van der Waals surface area contributed by atoms with Crippen LogP contribution in [0.2, 0.25) is 0 Å². The summed E-state index contributed by atoms with van der Waals surface area (Å²) in [6.07, 6.45) is 0. The van der Waals surface area contributed by atoms with Gasteiger partial charge >= 0.3 is 5.97 Å². The molecule has 0 bridgehead atoms. The van der Waals surface area contributed by atoms with Gasteiger partial charge in [-0.3, -0.25) is 4.79 Å². The molecule has 25 heavy (non-hydrogen) atoms. The summed E-state index contributed by atoms with van der Waals surface area (Å²) in [6.45, 7) is 6.20. The van der Waals surface area contributed by atoms with E-state index in [2.05, 4.69) is 0 Å². The largest absolute Gasteiger partial charge is 0.497 e. The molecule has 0 atom stereocenters. The summed E-state index contributed by atoms with van der Waals surface area (Å²) in [4.78, 5) is 24.7. The highest BCUT2D eigenvalue weighted by Gasteiger charge is 2.19. The first kappa shape index (κ1) is 18.6. The van der Waals surface area contributed by atoms with Crippen molar-refractivity contribution < 1.29 is 23.8 Å². The molecule has 0 spiro atoms. The van der Waals surface area contributed by atoms with Crippen LogP contribution in [0.25, 0.3) is 0 Å². The van der Waals surface area contributed by atoms with Crippen molar-refractivity contribution in [3.8, 4) is 11.5 Å². The van der Waals surface area contributed by atoms with E-state index in [1.165, 1.54) is 14.2 Å². The van der Waals surface area contributed by atoms with Gasteiger partial charge in [-0.25, -0.2) is 4.79 Å². The van der Waals surface area contributed by atoms with Gasteiger partial charge in [-0.05, 0) is 45.0 Å². The van der Waals surface area contributed by atoms with E-state index in [-0.39, 0.29) is 12.4 Å². The molecule has 1 aromatic heterocycles. The minimum Gasteiger partial charge on any atom is -0.497 e. The van der Waals surface area contributed by atoms with Crippen molar-refractivity contribution in [3.05, 3.63) is 46.8 Å². The molecular formula is C19H23NO5. The minimum absolute atomic E-state index is 0.314. The molecule has 0 aliphatic carbocycles. The third kappa shape index (κ3) is 3.84. The van der Waals surface area contributed by atoms with Crippen molar-refractivity contribution in [2.24, 2.45) is 0 Å². The number of carbonyl (C=O) groups excluding carboxylic acids is 2. The van der Waals surface area contributed by atoms with E-state index in [1.54, 1.807) is 24.3 Å². The van der Waals surface area contributed by atoms with Crippen LogP contribution in [-0.4, -0.2) is 37.1 Å². The number of hydrogen-bond donors (Lipinski definition) is 0. The Kier molecular flexibility index (Phi) is 5.85. The molecule has 0 unspecified atom stereocenters. The van der Waals surface area contributed by atoms with Crippen LogP contribution in [-0.2, 0) is 11.3 Å². The molecule has 0 saturated carbocycles. The Balaban J connectivity index is 2.13. The Hall–Kier alpha value is -2.76. The second-order valence-corrected chi connectivity index (χ2v) is 5.59. The third-order valence-electron chi connectivity index (χ3n) is 4.15. The first-order valence-electron chi connectivity index (χ1n) is 8.02. The number of hydrogen-bond acceptors (Lipinski definition) is 5. The molecule has 0 amide bonds. The number of Topliss-reactive ketones (excluding diaryl/α,β-unsaturated/α-hetero) is 1. The van der Waals surface area contributed by atoms with Crippen LogP contribution in [0.5, 0.6) is 11.5 Å². The number of nitrogens with zero attached hydrogens (tertiary/aromatic N) is 1. The lowest BCUT2D eigenvalue weighted by atomic mass is 10.1. The van der Waals surface area contributed by atoms with Gasteiger partial charge in [-0.2, -0.15) is 0 Å². The molecule has 0 fully saturated rings. The molecule has 1 heterocycles. The van der Waals surface area contributed by atoms with Crippen LogP contribution >= 0.6 is 0 Å². The molecule has 134 valence electrons. The van der Waals surface area contributed by atoms with Gasteiger partial charge in [0.1, 0.15) is 11.5 Å². The van der Waals surface area contributed by atoms with Gasteiger partial charge in [0.25, 0.3) is 0 Å². The molecule has 0 aliphatic heterocycles. The van der Waals surface area contributed by atoms with Crippen LogP contribution in [0.4, 0.5) is 0 Å². The fourth-order valence-electron chi connectivity index (χ4n) is 2.81. The standard InChI is InChI=1S/C19H23NO5/c1-6-20-12(2)9-15(13(20)3)19(22)25-11-17(21)16-10-14(23-4)7-8-18(16)24-5/h7-10H,6,11H2,1-5H3. The van der Waals surface area contributed by atoms with E-state index < -0.39 is 5.97 Å². The van der Waals surface area contributed by atoms with Crippen molar-refractivity contribution in [1.82, 2.24) is 4.57 Å². The molecule has 1 aromatic carbocycles. The fraction of sp³-hybridized carbons (Fsp3) is 0.368. The van der Waals surface area contributed by atoms with Gasteiger partial charge < -0.3 is 18.8 Å². The van der Waals surface area contributed by atoms with Crippen LogP contribution in [0.15, 0.2) is 24.3 Å². The minimum atomic E-state index is -0.511. The number of rotatable bonds is 7. The smallest absolute Gasteiger partial charge is 0.340 e. The van der Waals surface area contributed by atoms with Crippen molar-refractivity contribution >= 4 is 11.8 Å². The number of aryl methyl sites for hydroxylation is 1. The van der Waals surface area contributed by atoms with E-state index >= 15 is 0 Å². The molecule has 0 radical (unpaired) electrons. The summed E-state index contributed by atoms with van der Waals surface area (Å²) in [5.41, 5.74) is 2.60. The number of benzene rings is 1. The van der Waals surface area contributed by atoms with E-state index in [4.69, 9.17) is 14.2 Å². The zero-order valence-corrected chi connectivity index (χ0v) is 15.2. The average Bonchev–Trinajstić information content (AvgIpc) is 2.92. The highest BCUT2D eigenvalue weighted by atomic mass is 16.5. The number of aromatic nitrogens is 1. The maximum absolute atomic E-state index is 12.4. The molecule has 6 heteroatoms. The highest BCUT2D eigenvalue weighted by molar-refractivity contribution is 6.01. The maximum Gasteiger partial charge on any atom is 0.340 e. The summed E-state index contributed by atoms with van der Waals surface area (Å²) in [7, 11) is 2.99. The zero-order valence-electron chi connectivity index (χ0n) is 15.2. The molecule has 0 saturated heterocycles. The van der Waals surface area contributed by atoms with E-state index in [0.717, 1.165) is 17.9 Å². The SMILES string of the molecule is CCn1c(C)cc(C(=O)OCC(=O)c2cc(OC)ccc2OC)c1C. The van der Waals surface area contributed by atoms with Crippen LogP contribution < -0.4 is 9.47 Å². The van der Waals surface area contributed by atoms with Crippen LogP contribution in [0.3, 0.4) is 0 Å². The summed E-state index contributed by atoms with van der Waals surface area (Å²) in [6, 6.07) is 6.68. The van der Waals surface area contributed by atoms with Gasteiger partial charge in [0.2, 0.25) is 5.78 Å². The second-order valence-electron chi connectivity index (χ2n) is 5.59. The summed E-state index contributed by atoms with van der Waals surface area (Å²) in [5.74, 6) is 0.0735. The topological polar surface area (TPSA) is 66.8 Å². The van der Waals surface area contributed by atoms with E-state index in [0.29, 0.717) is 22.6 Å². The lowest BCUT2D eigenvalue weighted by molar-refractivity contribution is 0.0473. The van der Waals surface area contributed by atoms with Crippen LogP contribution in [0, 0.1) is 13.8 Å². The monoisotopic (exact) mass is 345 g/mol. The molecule has 0 aliphatic rings. The van der Waals surface area contributed by atoms with Gasteiger partial charge in [-0.1, -0.05) is 0 Å². The lowest BCUT2D eigenvalue weighted by Gasteiger charge is -2.10. The number of methoxy groups -OCH3 is 2. The molecule has 6 nitrogen and oxygen atoms in total. The zero-order chi connectivity index (χ0) is 18.6. The van der Waals surface area contributed by atoms with Crippen molar-refractivity contribution in [3.63, 3.8) is 0 Å². The Morgan fingerprint density at radius 1 is 1.04 bits per heavy atom. The molecule has 2 rings (SSSR count). The fourth-order valence-corrected chi connectivity index (χ4v) is 2.81. The predicted octanol–water partition coefficient (Wildman–Crippen LogP) is 3.18. The van der Waals surface area contributed by atoms with Gasteiger partial charge in [-0.15, -0.1) is 0 Å². The first-order chi connectivity index (χ1) is 11.9. The maximum atomic E-state index is 12.4. The van der Waals surface area contributed by atoms with Crippen molar-refractivity contribution in [2.45, 2.75) is 27.3 Å². The van der Waals surface area contributed by atoms with Crippen molar-refractivity contribution in [1.29, 1.82) is 0 Å². The number of carbonyl (C=O) groups is 2. The van der Waals surface area contributed by atoms with E-state index in [9.17, 15) is 9.59 Å². The number of ketones is 1. The predicted molar refractivity (Wildman–Crippen MR) is 93.7 cm³/mol. The number of esters is 1. The number of ether oxygens (including phenoxy) is 3. The van der Waals surface area contributed by atoms with Gasteiger partial charge in [0.15, 0.2) is 6.61 Å². The van der Waals surface area contributed by atoms with E-state index in [1.807, 2.05) is 25.3 Å². The van der Waals surface area contributed by atoms with Crippen molar-refractivity contribution in [2.75, 3.05) is 20.8 Å². The third-order valence-corrected chi connectivity index (χ3v) is 4.15. The Morgan fingerprint density at radius 3 is 2.32 bits per heavy atom. The van der Waals surface area contributed by atoms with Crippen LogP contribution in [0.1, 0.15) is 39.0 Å². The lowest BCUT2D eigenvalue weighted by Crippen LogP contribution is -2.15. The summed E-state index contributed by atoms with van der Waals surface area (Å²) >= 11 is 0. The molecule has 2 aromatic rings. The Bertz CT molecular complexity index is 791. The Morgan fingerprint density at radius 2 is 1.76 bits per heavy atom. The normalized spacial score (nSPS) is 10.4. The highest BCUT2D eigenvalue weighted by Crippen LogP contribution is 2.24. The summed E-state index contributed by atoms with van der Waals surface area (Å²) in [5, 5.41) is 0. The quantitative estimate of drug-likeness (QED) is 0.569. The molecule has 0 N–H and O–H groups in total. The average molecular weight is 345 g/mol. The first-order valence-corrected chi connectivity index (χ1v) is 8.02. The Labute approximate surface area is 147 Å². The van der Waals surface area contributed by atoms with Gasteiger partial charge in [0, 0.05) is 17.9 Å².